The van der Waals surface area contributed by atoms with Crippen molar-refractivity contribution < 1.29 is 4.42 Å². The molecule has 106 valence electrons. The van der Waals surface area contributed by atoms with Gasteiger partial charge in [0.15, 0.2) is 0 Å². The van der Waals surface area contributed by atoms with E-state index in [1.54, 1.807) is 18.6 Å². The van der Waals surface area contributed by atoms with E-state index >= 15 is 0 Å². The summed E-state index contributed by atoms with van der Waals surface area (Å²) in [7, 11) is 0. The van der Waals surface area contributed by atoms with E-state index in [0.717, 1.165) is 22.3 Å². The second-order valence-corrected chi connectivity index (χ2v) is 4.73. The Morgan fingerprint density at radius 1 is 0.773 bits per heavy atom. The molecule has 22 heavy (non-hydrogen) atoms. The number of pyridine rings is 1. The van der Waals surface area contributed by atoms with Crippen molar-refractivity contribution in [2.75, 3.05) is 0 Å². The van der Waals surface area contributed by atoms with Crippen LogP contribution < -0.4 is 0 Å². The third-order valence-electron chi connectivity index (χ3n) is 3.26. The van der Waals surface area contributed by atoms with E-state index in [-0.39, 0.29) is 0 Å². The number of H-pyrrole nitrogens is 1. The summed E-state index contributed by atoms with van der Waals surface area (Å²) in [6.07, 6.45) is 7.02. The quantitative estimate of drug-likeness (QED) is 0.626. The van der Waals surface area contributed by atoms with Gasteiger partial charge in [0.1, 0.15) is 0 Å². The monoisotopic (exact) mass is 289 g/mol. The zero-order chi connectivity index (χ0) is 14.8. The van der Waals surface area contributed by atoms with Crippen molar-refractivity contribution >= 4 is 0 Å². The first kappa shape index (κ1) is 12.5. The highest BCUT2D eigenvalue weighted by molar-refractivity contribution is 5.67. The number of aromatic amines is 1. The van der Waals surface area contributed by atoms with Gasteiger partial charge in [0.05, 0.1) is 11.8 Å². The molecular formula is C16H11N5O. The van der Waals surface area contributed by atoms with Crippen molar-refractivity contribution in [1.29, 1.82) is 0 Å². The molecule has 0 saturated heterocycles. The molecule has 0 unspecified atom stereocenters. The van der Waals surface area contributed by atoms with Crippen LogP contribution in [-0.4, -0.2) is 25.4 Å². The van der Waals surface area contributed by atoms with Crippen molar-refractivity contribution in [1.82, 2.24) is 25.4 Å². The Kier molecular flexibility index (Phi) is 2.97. The number of rotatable bonds is 3. The van der Waals surface area contributed by atoms with Crippen LogP contribution in [0.4, 0.5) is 0 Å². The van der Waals surface area contributed by atoms with Crippen molar-refractivity contribution in [3.63, 3.8) is 0 Å². The molecule has 6 nitrogen and oxygen atoms in total. The fourth-order valence-corrected chi connectivity index (χ4v) is 2.16. The highest BCUT2D eigenvalue weighted by atomic mass is 16.4. The summed E-state index contributed by atoms with van der Waals surface area (Å²) in [6.45, 7) is 0. The lowest BCUT2D eigenvalue weighted by molar-refractivity contribution is 0.584. The largest absolute Gasteiger partial charge is 0.416 e. The van der Waals surface area contributed by atoms with Crippen LogP contribution >= 0.6 is 0 Å². The molecule has 1 aromatic carbocycles. The minimum Gasteiger partial charge on any atom is -0.416 e. The summed E-state index contributed by atoms with van der Waals surface area (Å²) in [4.78, 5) is 4.23. The van der Waals surface area contributed by atoms with Gasteiger partial charge in [-0.15, -0.1) is 10.2 Å². The highest BCUT2D eigenvalue weighted by Gasteiger charge is 2.11. The third-order valence-corrected chi connectivity index (χ3v) is 3.26. The van der Waals surface area contributed by atoms with Gasteiger partial charge in [-0.1, -0.05) is 18.2 Å². The number of hydrogen-bond acceptors (Lipinski definition) is 5. The average Bonchev–Trinajstić information content (AvgIpc) is 3.28. The highest BCUT2D eigenvalue weighted by Crippen LogP contribution is 2.26. The molecule has 0 bridgehead atoms. The zero-order valence-corrected chi connectivity index (χ0v) is 11.5. The standard InChI is InChI=1S/C16H11N5O/c1-2-4-11(5-3-1)15-20-21-16(22-15)13-6-12(7-17-8-13)14-9-18-19-10-14/h1-10H,(H,18,19). The number of aromatic nitrogens is 5. The van der Waals surface area contributed by atoms with Crippen LogP contribution in [0.25, 0.3) is 34.0 Å². The van der Waals surface area contributed by atoms with E-state index in [1.807, 2.05) is 42.6 Å². The van der Waals surface area contributed by atoms with Gasteiger partial charge in [-0.05, 0) is 18.2 Å². The van der Waals surface area contributed by atoms with Gasteiger partial charge >= 0.3 is 0 Å². The molecule has 0 aliphatic heterocycles. The molecule has 0 aliphatic carbocycles. The summed E-state index contributed by atoms with van der Waals surface area (Å²) >= 11 is 0. The third kappa shape index (κ3) is 2.26. The summed E-state index contributed by atoms with van der Waals surface area (Å²) in [5.74, 6) is 0.931. The maximum absolute atomic E-state index is 5.74. The molecule has 4 aromatic rings. The van der Waals surface area contributed by atoms with E-state index in [1.165, 1.54) is 0 Å². The molecule has 3 heterocycles. The molecule has 1 N–H and O–H groups in total. The predicted octanol–water partition coefficient (Wildman–Crippen LogP) is 3.19. The Morgan fingerprint density at radius 3 is 2.32 bits per heavy atom. The molecule has 3 aromatic heterocycles. The predicted molar refractivity (Wildman–Crippen MR) is 80.5 cm³/mol. The van der Waals surface area contributed by atoms with Crippen LogP contribution in [-0.2, 0) is 0 Å². The van der Waals surface area contributed by atoms with Gasteiger partial charge in [-0.2, -0.15) is 5.10 Å². The van der Waals surface area contributed by atoms with Crippen LogP contribution in [0.2, 0.25) is 0 Å². The molecule has 0 radical (unpaired) electrons. The van der Waals surface area contributed by atoms with Gasteiger partial charge in [-0.3, -0.25) is 10.1 Å². The van der Waals surface area contributed by atoms with Crippen LogP contribution in [0.5, 0.6) is 0 Å². The number of benzene rings is 1. The fraction of sp³-hybridized carbons (Fsp3) is 0. The van der Waals surface area contributed by atoms with Gasteiger partial charge in [0.2, 0.25) is 11.8 Å². The number of nitrogens with zero attached hydrogens (tertiary/aromatic N) is 4. The zero-order valence-electron chi connectivity index (χ0n) is 11.5. The smallest absolute Gasteiger partial charge is 0.249 e. The molecular weight excluding hydrogens is 278 g/mol. The first-order valence-electron chi connectivity index (χ1n) is 6.74. The topological polar surface area (TPSA) is 80.5 Å². The SMILES string of the molecule is c1ccc(-c2nnc(-c3cncc(-c4cn[nH]c4)c3)o2)cc1. The lowest BCUT2D eigenvalue weighted by Gasteiger charge is -1.99. The van der Waals surface area contributed by atoms with Crippen LogP contribution in [0.3, 0.4) is 0 Å². The molecule has 0 saturated carbocycles. The molecule has 0 aliphatic rings. The molecule has 0 fully saturated rings. The Bertz CT molecular complexity index is 884. The van der Waals surface area contributed by atoms with Crippen molar-refractivity contribution in [3.05, 3.63) is 61.2 Å². The maximum atomic E-state index is 5.74. The van der Waals surface area contributed by atoms with Gasteiger partial charge in [0.25, 0.3) is 0 Å². The summed E-state index contributed by atoms with van der Waals surface area (Å²) in [5, 5.41) is 14.9. The lowest BCUT2D eigenvalue weighted by atomic mass is 10.1. The van der Waals surface area contributed by atoms with E-state index in [4.69, 9.17) is 4.42 Å². The van der Waals surface area contributed by atoms with Gasteiger partial charge in [0, 0.05) is 35.3 Å². The summed E-state index contributed by atoms with van der Waals surface area (Å²) in [6, 6.07) is 11.6. The van der Waals surface area contributed by atoms with Crippen LogP contribution in [0.1, 0.15) is 0 Å². The van der Waals surface area contributed by atoms with Crippen molar-refractivity contribution in [3.8, 4) is 34.0 Å². The molecule has 0 atom stereocenters. The molecule has 6 heteroatoms. The number of nitrogens with one attached hydrogen (secondary N) is 1. The summed E-state index contributed by atoms with van der Waals surface area (Å²) < 4.78 is 5.74. The van der Waals surface area contributed by atoms with Crippen molar-refractivity contribution in [2.45, 2.75) is 0 Å². The first-order valence-corrected chi connectivity index (χ1v) is 6.74. The Morgan fingerprint density at radius 2 is 1.55 bits per heavy atom. The van der Waals surface area contributed by atoms with E-state index in [9.17, 15) is 0 Å². The van der Waals surface area contributed by atoms with Crippen molar-refractivity contribution in [2.24, 2.45) is 0 Å². The Balaban J connectivity index is 1.71. The van der Waals surface area contributed by atoms with Crippen LogP contribution in [0.15, 0.2) is 65.6 Å². The van der Waals surface area contributed by atoms with Gasteiger partial charge in [-0.25, -0.2) is 0 Å². The average molecular weight is 289 g/mol. The normalized spacial score (nSPS) is 10.7. The molecule has 0 amide bonds. The van der Waals surface area contributed by atoms with E-state index < -0.39 is 0 Å². The minimum atomic E-state index is 0.441. The molecule has 0 spiro atoms. The van der Waals surface area contributed by atoms with Gasteiger partial charge < -0.3 is 4.42 Å². The summed E-state index contributed by atoms with van der Waals surface area (Å²) in [5.41, 5.74) is 3.55. The van der Waals surface area contributed by atoms with E-state index in [2.05, 4.69) is 25.4 Å². The number of hydrogen-bond donors (Lipinski definition) is 1. The fourth-order valence-electron chi connectivity index (χ4n) is 2.16. The van der Waals surface area contributed by atoms with Crippen LogP contribution in [0, 0.1) is 0 Å². The maximum Gasteiger partial charge on any atom is 0.249 e. The lowest BCUT2D eigenvalue weighted by Crippen LogP contribution is -1.83. The second-order valence-electron chi connectivity index (χ2n) is 4.73. The Labute approximate surface area is 125 Å². The van der Waals surface area contributed by atoms with E-state index in [0.29, 0.717) is 11.8 Å². The Hall–Kier alpha value is -3.28. The first-order chi connectivity index (χ1) is 10.9. The second kappa shape index (κ2) is 5.25. The minimum absolute atomic E-state index is 0.441. The molecule has 4 rings (SSSR count).